The van der Waals surface area contributed by atoms with Gasteiger partial charge >= 0.3 is 0 Å². The summed E-state index contributed by atoms with van der Waals surface area (Å²) in [6, 6.07) is 12.6. The van der Waals surface area contributed by atoms with Crippen LogP contribution in [-0.4, -0.2) is 77.1 Å². The van der Waals surface area contributed by atoms with E-state index >= 15 is 0 Å². The number of nitro groups is 1. The number of rotatable bonds is 6. The first-order valence-corrected chi connectivity index (χ1v) is 11.8. The summed E-state index contributed by atoms with van der Waals surface area (Å²) < 4.78 is 0. The van der Waals surface area contributed by atoms with E-state index in [0.717, 1.165) is 11.1 Å². The van der Waals surface area contributed by atoms with Crippen LogP contribution in [0.5, 0.6) is 0 Å². The number of nitro benzene ring substituents is 1. The highest BCUT2D eigenvalue weighted by Gasteiger charge is 2.36. The van der Waals surface area contributed by atoms with Gasteiger partial charge in [-0.15, -0.1) is 0 Å². The summed E-state index contributed by atoms with van der Waals surface area (Å²) in [6.45, 7) is 6.04. The predicted octanol–water partition coefficient (Wildman–Crippen LogP) is 3.35. The molecule has 1 aliphatic rings. The zero-order valence-electron chi connectivity index (χ0n) is 21.2. The SMILES string of the molecule is CC(=O)N1CCN(C(=O)/C=C/c2cc[c]c([N+](=O)[O-])c2-c2ccccc2C(C)C)CC1C(=O)N(C)C. The van der Waals surface area contributed by atoms with Gasteiger partial charge in [0.1, 0.15) is 6.04 Å². The lowest BCUT2D eigenvalue weighted by atomic mass is 9.89. The molecule has 9 heteroatoms. The molecule has 0 saturated carbocycles. The van der Waals surface area contributed by atoms with Crippen LogP contribution in [0.25, 0.3) is 17.2 Å². The summed E-state index contributed by atoms with van der Waals surface area (Å²) in [6.07, 6.45) is 2.93. The van der Waals surface area contributed by atoms with Gasteiger partial charge in [-0.1, -0.05) is 44.2 Å². The van der Waals surface area contributed by atoms with Crippen molar-refractivity contribution in [3.63, 3.8) is 0 Å². The highest BCUT2D eigenvalue weighted by Crippen LogP contribution is 2.38. The number of benzene rings is 2. The Hall–Kier alpha value is -4.01. The largest absolute Gasteiger partial charge is 0.347 e. The number of carbonyl (C=O) groups excluding carboxylic acids is 3. The molecule has 1 saturated heterocycles. The topological polar surface area (TPSA) is 104 Å². The maximum atomic E-state index is 13.1. The Balaban J connectivity index is 1.96. The Kier molecular flexibility index (Phi) is 8.24. The number of carbonyl (C=O) groups is 3. The lowest BCUT2D eigenvalue weighted by Gasteiger charge is -2.40. The average molecular weight is 492 g/mol. The number of hydrogen-bond acceptors (Lipinski definition) is 5. The second-order valence-corrected chi connectivity index (χ2v) is 9.23. The number of amides is 3. The average Bonchev–Trinajstić information content (AvgIpc) is 2.85. The molecule has 2 aromatic carbocycles. The molecule has 0 spiro atoms. The smallest absolute Gasteiger partial charge is 0.285 e. The van der Waals surface area contributed by atoms with Crippen LogP contribution in [-0.2, 0) is 14.4 Å². The molecule has 2 aromatic rings. The first-order chi connectivity index (χ1) is 17.0. The minimum absolute atomic E-state index is 0.0749. The normalized spacial score (nSPS) is 15.9. The quantitative estimate of drug-likeness (QED) is 0.350. The Bertz CT molecular complexity index is 1200. The maximum absolute atomic E-state index is 13.1. The second kappa shape index (κ2) is 11.2. The van der Waals surface area contributed by atoms with E-state index < -0.39 is 11.0 Å². The number of nitrogens with zero attached hydrogens (tertiary/aromatic N) is 4. The van der Waals surface area contributed by atoms with Crippen LogP contribution in [0.4, 0.5) is 5.69 Å². The summed E-state index contributed by atoms with van der Waals surface area (Å²) in [7, 11) is 3.22. The molecule has 1 unspecified atom stereocenters. The van der Waals surface area contributed by atoms with Crippen molar-refractivity contribution in [3.05, 3.63) is 69.8 Å². The van der Waals surface area contributed by atoms with Crippen LogP contribution in [0, 0.1) is 16.2 Å². The lowest BCUT2D eigenvalue weighted by Crippen LogP contribution is -2.60. The summed E-state index contributed by atoms with van der Waals surface area (Å²) in [5.74, 6) is -0.691. The molecule has 3 rings (SSSR count). The van der Waals surface area contributed by atoms with Gasteiger partial charge in [0.15, 0.2) is 0 Å². The van der Waals surface area contributed by atoms with Crippen molar-refractivity contribution in [2.75, 3.05) is 33.7 Å². The van der Waals surface area contributed by atoms with Crippen molar-refractivity contribution in [3.8, 4) is 11.1 Å². The molecule has 36 heavy (non-hydrogen) atoms. The van der Waals surface area contributed by atoms with Crippen molar-refractivity contribution in [2.45, 2.75) is 32.7 Å². The zero-order chi connectivity index (χ0) is 26.6. The standard InChI is InChI=1S/C27H31N4O5/c1-18(2)21-10-6-7-11-22(21)26-20(9-8-12-23(26)31(35)36)13-14-25(33)29-15-16-30(19(3)32)24(17-29)27(34)28(4)5/h6-11,13-14,18,24H,15-17H2,1-5H3/b14-13+. The fourth-order valence-electron chi connectivity index (χ4n) is 4.43. The van der Waals surface area contributed by atoms with Gasteiger partial charge in [0, 0.05) is 40.2 Å². The summed E-state index contributed by atoms with van der Waals surface area (Å²) in [5, 5.41) is 11.9. The predicted molar refractivity (Wildman–Crippen MR) is 137 cm³/mol. The van der Waals surface area contributed by atoms with E-state index in [1.54, 1.807) is 26.2 Å². The number of likely N-dealkylation sites (N-methyl/N-ethyl adjacent to an activating group) is 1. The maximum Gasteiger partial charge on any atom is 0.285 e. The molecule has 1 heterocycles. The summed E-state index contributed by atoms with van der Waals surface area (Å²) >= 11 is 0. The molecule has 9 nitrogen and oxygen atoms in total. The van der Waals surface area contributed by atoms with Crippen molar-refractivity contribution in [1.82, 2.24) is 14.7 Å². The van der Waals surface area contributed by atoms with Crippen molar-refractivity contribution >= 4 is 29.5 Å². The summed E-state index contributed by atoms with van der Waals surface area (Å²) in [5.41, 5.74) is 2.42. The molecule has 0 bridgehead atoms. The van der Waals surface area contributed by atoms with E-state index in [1.165, 1.54) is 33.8 Å². The molecule has 1 aliphatic heterocycles. The Morgan fingerprint density at radius 1 is 1.17 bits per heavy atom. The molecular weight excluding hydrogens is 460 g/mol. The van der Waals surface area contributed by atoms with Gasteiger partial charge in [0.25, 0.3) is 5.69 Å². The molecule has 0 N–H and O–H groups in total. The first kappa shape index (κ1) is 26.6. The van der Waals surface area contributed by atoms with Crippen LogP contribution >= 0.6 is 0 Å². The lowest BCUT2D eigenvalue weighted by molar-refractivity contribution is -0.384. The minimum atomic E-state index is -0.760. The van der Waals surface area contributed by atoms with E-state index in [9.17, 15) is 24.5 Å². The van der Waals surface area contributed by atoms with E-state index in [1.807, 2.05) is 38.1 Å². The monoisotopic (exact) mass is 491 g/mol. The third-order valence-corrected chi connectivity index (χ3v) is 6.27. The van der Waals surface area contributed by atoms with Gasteiger partial charge in [-0.05, 0) is 34.8 Å². The van der Waals surface area contributed by atoms with Crippen LogP contribution in [0.2, 0.25) is 0 Å². The molecular formula is C27H31N4O5. The van der Waals surface area contributed by atoms with E-state index in [4.69, 9.17) is 0 Å². The fourth-order valence-corrected chi connectivity index (χ4v) is 4.43. The summed E-state index contributed by atoms with van der Waals surface area (Å²) in [4.78, 5) is 53.6. The third kappa shape index (κ3) is 5.62. The van der Waals surface area contributed by atoms with Gasteiger partial charge in [0.05, 0.1) is 23.1 Å². The molecule has 1 fully saturated rings. The molecule has 189 valence electrons. The molecule has 1 atom stereocenters. The Morgan fingerprint density at radius 2 is 1.86 bits per heavy atom. The Morgan fingerprint density at radius 3 is 2.47 bits per heavy atom. The first-order valence-electron chi connectivity index (χ1n) is 11.8. The zero-order valence-corrected chi connectivity index (χ0v) is 21.2. The molecule has 3 amide bonds. The van der Waals surface area contributed by atoms with Gasteiger partial charge in [-0.3, -0.25) is 24.5 Å². The number of hydrogen-bond donors (Lipinski definition) is 0. The Labute approximate surface area is 211 Å². The van der Waals surface area contributed by atoms with Crippen LogP contribution in [0.15, 0.2) is 42.5 Å². The van der Waals surface area contributed by atoms with Crippen molar-refractivity contribution < 1.29 is 19.3 Å². The van der Waals surface area contributed by atoms with Crippen LogP contribution < -0.4 is 0 Å². The van der Waals surface area contributed by atoms with Crippen molar-refractivity contribution in [2.24, 2.45) is 0 Å². The minimum Gasteiger partial charge on any atom is -0.347 e. The fraction of sp³-hybridized carbons (Fsp3) is 0.370. The van der Waals surface area contributed by atoms with E-state index in [0.29, 0.717) is 11.1 Å². The van der Waals surface area contributed by atoms with Gasteiger partial charge in [-0.2, -0.15) is 0 Å². The molecule has 1 radical (unpaired) electrons. The van der Waals surface area contributed by atoms with E-state index in [2.05, 4.69) is 6.07 Å². The van der Waals surface area contributed by atoms with Gasteiger partial charge in [-0.25, -0.2) is 0 Å². The number of piperazine rings is 1. The highest BCUT2D eigenvalue weighted by atomic mass is 16.6. The van der Waals surface area contributed by atoms with Crippen LogP contribution in [0.1, 0.15) is 37.8 Å². The molecule has 0 aromatic heterocycles. The van der Waals surface area contributed by atoms with Gasteiger partial charge in [0.2, 0.25) is 17.7 Å². The van der Waals surface area contributed by atoms with Crippen molar-refractivity contribution in [1.29, 1.82) is 0 Å². The molecule has 0 aliphatic carbocycles. The second-order valence-electron chi connectivity index (χ2n) is 9.23. The van der Waals surface area contributed by atoms with E-state index in [-0.39, 0.29) is 49.0 Å². The highest BCUT2D eigenvalue weighted by molar-refractivity contribution is 5.95. The third-order valence-electron chi connectivity index (χ3n) is 6.27. The van der Waals surface area contributed by atoms with Crippen LogP contribution in [0.3, 0.4) is 0 Å². The van der Waals surface area contributed by atoms with Gasteiger partial charge < -0.3 is 14.7 Å².